The molecule has 1 saturated heterocycles. The second-order valence-electron chi connectivity index (χ2n) is 6.09. The Morgan fingerprint density at radius 2 is 1.70 bits per heavy atom. The zero-order valence-corrected chi connectivity index (χ0v) is 17.3. The number of ether oxygens (including phenoxy) is 1. The number of benzene rings is 1. The summed E-state index contributed by atoms with van der Waals surface area (Å²) in [6.45, 7) is 5.44. The zero-order valence-electron chi connectivity index (χ0n) is 15.7. The molecule has 1 aliphatic heterocycles. The Bertz CT molecular complexity index is 541. The van der Waals surface area contributed by atoms with Gasteiger partial charge in [-0.2, -0.15) is 0 Å². The molecule has 2 rings (SSSR count). The highest BCUT2D eigenvalue weighted by Gasteiger charge is 2.21. The molecule has 1 aliphatic rings. The number of methoxy groups -OCH3 is 1. The third-order valence-electron chi connectivity index (χ3n) is 4.18. The molecule has 0 bridgehead atoms. The molecule has 0 aliphatic carbocycles. The van der Waals surface area contributed by atoms with Gasteiger partial charge in [0.2, 0.25) is 11.8 Å². The zero-order chi connectivity index (χ0) is 17.9. The van der Waals surface area contributed by atoms with Crippen LogP contribution < -0.4 is 10.6 Å². The predicted molar refractivity (Wildman–Crippen MR) is 111 cm³/mol. The maximum atomic E-state index is 12.2. The van der Waals surface area contributed by atoms with E-state index in [9.17, 15) is 9.59 Å². The first-order valence-corrected chi connectivity index (χ1v) is 8.69. The average molecular weight is 421 g/mol. The molecular formula is C18H30Cl2N4O3. The fourth-order valence-electron chi connectivity index (χ4n) is 2.72. The Morgan fingerprint density at radius 1 is 1.04 bits per heavy atom. The second kappa shape index (κ2) is 14.6. The molecule has 0 spiro atoms. The van der Waals surface area contributed by atoms with Crippen LogP contribution in [0.5, 0.6) is 0 Å². The van der Waals surface area contributed by atoms with Crippen molar-refractivity contribution in [3.63, 3.8) is 0 Å². The van der Waals surface area contributed by atoms with Crippen molar-refractivity contribution in [2.75, 3.05) is 59.5 Å². The van der Waals surface area contributed by atoms with Crippen LogP contribution in [0, 0.1) is 0 Å². The molecule has 1 aromatic carbocycles. The Kier molecular flexibility index (Phi) is 13.9. The van der Waals surface area contributed by atoms with Gasteiger partial charge in [-0.15, -0.1) is 24.8 Å². The number of amides is 2. The molecule has 2 amide bonds. The minimum atomic E-state index is -0.174. The van der Waals surface area contributed by atoms with Crippen LogP contribution >= 0.6 is 24.8 Å². The lowest BCUT2D eigenvalue weighted by molar-refractivity contribution is -0.134. The van der Waals surface area contributed by atoms with E-state index in [2.05, 4.69) is 27.7 Å². The van der Waals surface area contributed by atoms with Gasteiger partial charge < -0.3 is 20.3 Å². The Labute approximate surface area is 173 Å². The van der Waals surface area contributed by atoms with Crippen LogP contribution in [0.3, 0.4) is 0 Å². The van der Waals surface area contributed by atoms with Crippen LogP contribution in [0.25, 0.3) is 0 Å². The highest BCUT2D eigenvalue weighted by atomic mass is 35.5. The smallest absolute Gasteiger partial charge is 0.242 e. The highest BCUT2D eigenvalue weighted by molar-refractivity contribution is 5.86. The number of hydrogen-bond acceptors (Lipinski definition) is 5. The van der Waals surface area contributed by atoms with Crippen molar-refractivity contribution < 1.29 is 14.3 Å². The summed E-state index contributed by atoms with van der Waals surface area (Å²) in [5, 5.41) is 5.61. The number of rotatable bonds is 9. The third kappa shape index (κ3) is 9.93. The topological polar surface area (TPSA) is 73.9 Å². The summed E-state index contributed by atoms with van der Waals surface area (Å²) in [4.78, 5) is 28.0. The maximum Gasteiger partial charge on any atom is 0.242 e. The van der Waals surface area contributed by atoms with Crippen molar-refractivity contribution in [1.29, 1.82) is 0 Å². The van der Waals surface area contributed by atoms with Gasteiger partial charge >= 0.3 is 0 Å². The molecule has 0 radical (unpaired) electrons. The van der Waals surface area contributed by atoms with E-state index in [4.69, 9.17) is 4.74 Å². The predicted octanol–water partition coefficient (Wildman–Crippen LogP) is 0.527. The molecule has 9 heteroatoms. The van der Waals surface area contributed by atoms with Gasteiger partial charge in [-0.05, 0) is 5.56 Å². The maximum absolute atomic E-state index is 12.2. The van der Waals surface area contributed by atoms with E-state index in [1.807, 2.05) is 23.1 Å². The van der Waals surface area contributed by atoms with Crippen LogP contribution in [0.1, 0.15) is 5.56 Å². The Morgan fingerprint density at radius 3 is 2.33 bits per heavy atom. The van der Waals surface area contributed by atoms with Crippen LogP contribution in [0.2, 0.25) is 0 Å². The Hall–Kier alpha value is -1.38. The van der Waals surface area contributed by atoms with Gasteiger partial charge in [0.15, 0.2) is 0 Å². The molecule has 154 valence electrons. The summed E-state index contributed by atoms with van der Waals surface area (Å²) in [5.74, 6) is -0.197. The van der Waals surface area contributed by atoms with E-state index in [0.717, 1.165) is 19.6 Å². The SMILES string of the molecule is COCCNCC(=O)NCC(=O)N1CCN(Cc2ccccc2)CC1.Cl.Cl. The molecule has 1 heterocycles. The number of halogens is 2. The number of carbonyl (C=O) groups is 2. The molecular weight excluding hydrogens is 391 g/mol. The molecule has 7 nitrogen and oxygen atoms in total. The summed E-state index contributed by atoms with van der Waals surface area (Å²) in [6, 6.07) is 10.3. The van der Waals surface area contributed by atoms with E-state index in [1.165, 1.54) is 5.56 Å². The number of hydrogen-bond donors (Lipinski definition) is 2. The van der Waals surface area contributed by atoms with Crippen LogP contribution in [-0.2, 0) is 20.9 Å². The first-order chi connectivity index (χ1) is 12.2. The normalized spacial score (nSPS) is 14.0. The van der Waals surface area contributed by atoms with Gasteiger partial charge in [0.1, 0.15) is 0 Å². The quantitative estimate of drug-likeness (QED) is 0.569. The van der Waals surface area contributed by atoms with Crippen LogP contribution in [0.4, 0.5) is 0 Å². The largest absolute Gasteiger partial charge is 0.383 e. The fraction of sp³-hybridized carbons (Fsp3) is 0.556. The van der Waals surface area contributed by atoms with E-state index in [-0.39, 0.29) is 49.7 Å². The summed E-state index contributed by atoms with van der Waals surface area (Å²) in [6.07, 6.45) is 0. The van der Waals surface area contributed by atoms with Crippen molar-refractivity contribution >= 4 is 36.6 Å². The molecule has 0 unspecified atom stereocenters. The van der Waals surface area contributed by atoms with Gasteiger partial charge in [-0.25, -0.2) is 0 Å². The van der Waals surface area contributed by atoms with Crippen molar-refractivity contribution in [2.24, 2.45) is 0 Å². The standard InChI is InChI=1S/C18H28N4O3.2ClH/c1-25-12-7-19-13-17(23)20-14-18(24)22-10-8-21(9-11-22)15-16-5-3-2-4-6-16;;/h2-6,19H,7-15H2,1H3,(H,20,23);2*1H. The Balaban J connectivity index is 0.00000338. The van der Waals surface area contributed by atoms with Crippen LogP contribution in [-0.4, -0.2) is 81.1 Å². The molecule has 0 saturated carbocycles. The minimum Gasteiger partial charge on any atom is -0.383 e. The number of nitrogens with one attached hydrogen (secondary N) is 2. The third-order valence-corrected chi connectivity index (χ3v) is 4.18. The highest BCUT2D eigenvalue weighted by Crippen LogP contribution is 2.08. The molecule has 27 heavy (non-hydrogen) atoms. The lowest BCUT2D eigenvalue weighted by Crippen LogP contribution is -2.51. The molecule has 0 aromatic heterocycles. The van der Waals surface area contributed by atoms with Gasteiger partial charge in [0.05, 0.1) is 19.7 Å². The minimum absolute atomic E-state index is 0. The van der Waals surface area contributed by atoms with Crippen molar-refractivity contribution in [1.82, 2.24) is 20.4 Å². The number of piperazine rings is 1. The fourth-order valence-corrected chi connectivity index (χ4v) is 2.72. The van der Waals surface area contributed by atoms with Gasteiger partial charge in [0.25, 0.3) is 0 Å². The number of nitrogens with zero attached hydrogens (tertiary/aromatic N) is 2. The average Bonchev–Trinajstić information content (AvgIpc) is 2.65. The van der Waals surface area contributed by atoms with Crippen molar-refractivity contribution in [3.05, 3.63) is 35.9 Å². The van der Waals surface area contributed by atoms with E-state index >= 15 is 0 Å². The summed E-state index contributed by atoms with van der Waals surface area (Å²) in [5.41, 5.74) is 1.29. The van der Waals surface area contributed by atoms with E-state index < -0.39 is 0 Å². The van der Waals surface area contributed by atoms with Gasteiger partial charge in [-0.3, -0.25) is 14.5 Å². The summed E-state index contributed by atoms with van der Waals surface area (Å²) >= 11 is 0. The molecule has 0 atom stereocenters. The monoisotopic (exact) mass is 420 g/mol. The summed E-state index contributed by atoms with van der Waals surface area (Å²) in [7, 11) is 1.61. The first kappa shape index (κ1) is 25.6. The lowest BCUT2D eigenvalue weighted by atomic mass is 10.2. The van der Waals surface area contributed by atoms with Crippen molar-refractivity contribution in [2.45, 2.75) is 6.54 Å². The summed E-state index contributed by atoms with van der Waals surface area (Å²) < 4.78 is 4.89. The van der Waals surface area contributed by atoms with E-state index in [1.54, 1.807) is 7.11 Å². The van der Waals surface area contributed by atoms with Gasteiger partial charge in [0, 0.05) is 46.4 Å². The second-order valence-corrected chi connectivity index (χ2v) is 6.09. The number of carbonyl (C=O) groups excluding carboxylic acids is 2. The molecule has 2 N–H and O–H groups in total. The first-order valence-electron chi connectivity index (χ1n) is 8.69. The van der Waals surface area contributed by atoms with E-state index in [0.29, 0.717) is 26.2 Å². The van der Waals surface area contributed by atoms with Crippen molar-refractivity contribution in [3.8, 4) is 0 Å². The van der Waals surface area contributed by atoms with Crippen LogP contribution in [0.15, 0.2) is 30.3 Å². The molecule has 1 aromatic rings. The lowest BCUT2D eigenvalue weighted by Gasteiger charge is -2.34. The van der Waals surface area contributed by atoms with Gasteiger partial charge in [-0.1, -0.05) is 30.3 Å². The molecule has 1 fully saturated rings.